The number of nitrogens with zero attached hydrogens (tertiary/aromatic N) is 4. The highest BCUT2D eigenvalue weighted by Gasteiger charge is 2.19. The molecule has 0 saturated carbocycles. The summed E-state index contributed by atoms with van der Waals surface area (Å²) in [6.07, 6.45) is 8.60. The Labute approximate surface area is 199 Å². The first-order valence-electron chi connectivity index (χ1n) is 11.7. The van der Waals surface area contributed by atoms with E-state index in [1.54, 1.807) is 6.20 Å². The van der Waals surface area contributed by atoms with Gasteiger partial charge in [-0.1, -0.05) is 13.0 Å². The first kappa shape index (κ1) is 23.6. The van der Waals surface area contributed by atoms with Crippen molar-refractivity contribution in [3.05, 3.63) is 83.2 Å². The van der Waals surface area contributed by atoms with Crippen LogP contribution in [0.3, 0.4) is 0 Å². The predicted molar refractivity (Wildman–Crippen MR) is 130 cm³/mol. The molecule has 176 valence electrons. The van der Waals surface area contributed by atoms with Gasteiger partial charge in [-0.25, -0.2) is 4.52 Å². The van der Waals surface area contributed by atoms with E-state index >= 15 is 0 Å². The van der Waals surface area contributed by atoms with Gasteiger partial charge in [-0.05, 0) is 74.1 Å². The number of carboxylic acids is 1. The summed E-state index contributed by atoms with van der Waals surface area (Å²) in [6, 6.07) is 12.1. The number of unbranched alkanes of at least 4 members (excludes halogenated alkanes) is 1. The van der Waals surface area contributed by atoms with Crippen molar-refractivity contribution in [1.29, 1.82) is 0 Å². The maximum absolute atomic E-state index is 11.0. The fraction of sp³-hybridized carbons (Fsp3) is 0.333. The molecule has 0 unspecified atom stereocenters. The van der Waals surface area contributed by atoms with Crippen LogP contribution in [0.1, 0.15) is 54.4 Å². The normalized spacial score (nSPS) is 11.2. The molecule has 7 nitrogen and oxygen atoms in total. The van der Waals surface area contributed by atoms with Gasteiger partial charge < -0.3 is 9.84 Å². The molecule has 0 bridgehead atoms. The molecule has 7 heteroatoms. The molecule has 0 aliphatic carbocycles. The molecule has 34 heavy (non-hydrogen) atoms. The fourth-order valence-electron chi connectivity index (χ4n) is 4.24. The molecule has 0 saturated heterocycles. The van der Waals surface area contributed by atoms with Crippen molar-refractivity contribution >= 4 is 11.5 Å². The molecule has 0 spiro atoms. The average Bonchev–Trinajstić information content (AvgIpc) is 3.24. The van der Waals surface area contributed by atoms with Crippen molar-refractivity contribution < 1.29 is 14.6 Å². The summed E-state index contributed by atoms with van der Waals surface area (Å²) < 4.78 is 8.07. The minimum Gasteiger partial charge on any atom is -0.481 e. The highest BCUT2D eigenvalue weighted by atomic mass is 16.5. The van der Waals surface area contributed by atoms with E-state index in [1.807, 2.05) is 42.0 Å². The van der Waals surface area contributed by atoms with Crippen molar-refractivity contribution in [2.24, 2.45) is 0 Å². The summed E-state index contributed by atoms with van der Waals surface area (Å²) in [5.74, 6) is -0.769. The van der Waals surface area contributed by atoms with E-state index in [0.717, 1.165) is 64.1 Å². The molecular weight excluding hydrogens is 428 g/mol. The smallest absolute Gasteiger partial charge is 0.303 e. The van der Waals surface area contributed by atoms with E-state index in [2.05, 4.69) is 35.1 Å². The maximum Gasteiger partial charge on any atom is 0.303 e. The number of aliphatic carboxylic acids is 1. The first-order valence-corrected chi connectivity index (χ1v) is 11.7. The van der Waals surface area contributed by atoms with Crippen LogP contribution in [0.4, 0.5) is 0 Å². The molecule has 0 radical (unpaired) electrons. The zero-order valence-corrected chi connectivity index (χ0v) is 19.7. The Morgan fingerprint density at radius 3 is 2.74 bits per heavy atom. The van der Waals surface area contributed by atoms with Gasteiger partial charge in [-0.3, -0.25) is 14.8 Å². The lowest BCUT2D eigenvalue weighted by Crippen LogP contribution is -2.11. The number of fused-ring (bicyclic) bond motifs is 1. The van der Waals surface area contributed by atoms with E-state index in [9.17, 15) is 4.79 Å². The number of hydrogen-bond acceptors (Lipinski definition) is 5. The third-order valence-corrected chi connectivity index (χ3v) is 5.87. The van der Waals surface area contributed by atoms with Crippen LogP contribution in [-0.2, 0) is 35.6 Å². The molecule has 4 aromatic rings. The fourth-order valence-corrected chi connectivity index (χ4v) is 4.24. The van der Waals surface area contributed by atoms with Gasteiger partial charge in [-0.2, -0.15) is 5.10 Å². The summed E-state index contributed by atoms with van der Waals surface area (Å²) >= 11 is 0. The number of rotatable bonds is 11. The number of carboxylic acid groups (broad SMARTS) is 1. The Hall–Kier alpha value is -3.58. The Bertz CT molecular complexity index is 1270. The van der Waals surface area contributed by atoms with Crippen LogP contribution in [0.25, 0.3) is 16.6 Å². The summed E-state index contributed by atoms with van der Waals surface area (Å²) in [7, 11) is 0. The molecule has 0 aliphatic heterocycles. The van der Waals surface area contributed by atoms with Gasteiger partial charge in [0.15, 0.2) is 0 Å². The monoisotopic (exact) mass is 458 g/mol. The van der Waals surface area contributed by atoms with Crippen LogP contribution in [0.2, 0.25) is 0 Å². The van der Waals surface area contributed by atoms with Gasteiger partial charge in [0.05, 0.1) is 30.1 Å². The van der Waals surface area contributed by atoms with Crippen molar-refractivity contribution in [1.82, 2.24) is 19.6 Å². The highest BCUT2D eigenvalue weighted by molar-refractivity contribution is 5.83. The quantitative estimate of drug-likeness (QED) is 0.312. The maximum atomic E-state index is 11.0. The number of ether oxygens (including phenoxy) is 1. The minimum atomic E-state index is -0.769. The Morgan fingerprint density at radius 2 is 2.00 bits per heavy atom. The van der Waals surface area contributed by atoms with Gasteiger partial charge >= 0.3 is 5.97 Å². The van der Waals surface area contributed by atoms with Crippen LogP contribution >= 0.6 is 0 Å². The molecule has 1 N–H and O–H groups in total. The summed E-state index contributed by atoms with van der Waals surface area (Å²) in [5, 5.41) is 14.1. The molecular formula is C27H30N4O3. The number of carbonyl (C=O) groups is 1. The van der Waals surface area contributed by atoms with E-state index in [0.29, 0.717) is 19.6 Å². The van der Waals surface area contributed by atoms with Crippen LogP contribution in [-0.4, -0.2) is 30.7 Å². The minimum absolute atomic E-state index is 0.160. The average molecular weight is 459 g/mol. The van der Waals surface area contributed by atoms with Gasteiger partial charge in [0, 0.05) is 41.8 Å². The zero-order chi connectivity index (χ0) is 23.9. The lowest BCUT2D eigenvalue weighted by Gasteiger charge is -2.18. The second-order valence-electron chi connectivity index (χ2n) is 8.44. The van der Waals surface area contributed by atoms with Gasteiger partial charge in [0.2, 0.25) is 0 Å². The Balaban J connectivity index is 1.76. The van der Waals surface area contributed by atoms with Gasteiger partial charge in [-0.15, -0.1) is 0 Å². The van der Waals surface area contributed by atoms with E-state index in [1.165, 1.54) is 0 Å². The third kappa shape index (κ3) is 5.48. The molecule has 0 fully saturated rings. The number of pyridine rings is 2. The predicted octanol–water partition coefficient (Wildman–Crippen LogP) is 5.18. The Kier molecular flexibility index (Phi) is 7.65. The standard InChI is InChI=1S/C27H30N4O3/c1-3-22-11-12-25-27(20-14-19(2)15-28-16-20)23(9-4-5-10-26(32)33)24(30-31(22)25)18-34-17-21-8-6-7-13-29-21/h6-8,11-16H,3-5,9-10,17-18H2,1-2H3,(H,32,33). The lowest BCUT2D eigenvalue weighted by atomic mass is 9.95. The molecule has 0 aromatic carbocycles. The topological polar surface area (TPSA) is 89.6 Å². The van der Waals surface area contributed by atoms with E-state index in [-0.39, 0.29) is 6.42 Å². The largest absolute Gasteiger partial charge is 0.481 e. The number of hydrogen-bond donors (Lipinski definition) is 1. The lowest BCUT2D eigenvalue weighted by molar-refractivity contribution is -0.137. The molecule has 0 aliphatic rings. The van der Waals surface area contributed by atoms with Crippen molar-refractivity contribution in [2.45, 2.75) is 59.2 Å². The zero-order valence-electron chi connectivity index (χ0n) is 19.7. The van der Waals surface area contributed by atoms with Gasteiger partial charge in [0.25, 0.3) is 0 Å². The van der Waals surface area contributed by atoms with Crippen molar-refractivity contribution in [2.75, 3.05) is 0 Å². The molecule has 0 amide bonds. The van der Waals surface area contributed by atoms with Crippen molar-refractivity contribution in [3.8, 4) is 11.1 Å². The summed E-state index contributed by atoms with van der Waals surface area (Å²) in [6.45, 7) is 4.89. The van der Waals surface area contributed by atoms with Crippen LogP contribution in [0.15, 0.2) is 55.0 Å². The number of aromatic nitrogens is 4. The SMILES string of the molecule is CCc1ccc2c(-c3cncc(C)c3)c(CCCCC(=O)O)c(COCc3ccccn3)nn12. The summed E-state index contributed by atoms with van der Waals surface area (Å²) in [4.78, 5) is 19.8. The van der Waals surface area contributed by atoms with Crippen LogP contribution < -0.4 is 0 Å². The van der Waals surface area contributed by atoms with Crippen molar-refractivity contribution in [3.63, 3.8) is 0 Å². The van der Waals surface area contributed by atoms with Gasteiger partial charge in [0.1, 0.15) is 0 Å². The van der Waals surface area contributed by atoms with Crippen LogP contribution in [0.5, 0.6) is 0 Å². The summed E-state index contributed by atoms with van der Waals surface area (Å²) in [5.41, 5.74) is 8.19. The Morgan fingerprint density at radius 1 is 1.12 bits per heavy atom. The van der Waals surface area contributed by atoms with Crippen LogP contribution in [0, 0.1) is 6.92 Å². The molecule has 4 heterocycles. The van der Waals surface area contributed by atoms with E-state index < -0.39 is 5.97 Å². The number of aryl methyl sites for hydroxylation is 2. The molecule has 4 rings (SSSR count). The second-order valence-corrected chi connectivity index (χ2v) is 8.44. The second kappa shape index (κ2) is 11.0. The molecule has 0 atom stereocenters. The highest BCUT2D eigenvalue weighted by Crippen LogP contribution is 2.33. The third-order valence-electron chi connectivity index (χ3n) is 5.87. The molecule has 4 aromatic heterocycles. The van der Waals surface area contributed by atoms with E-state index in [4.69, 9.17) is 14.9 Å². The first-order chi connectivity index (χ1) is 16.6.